The molecule has 1 heterocycles. The Hall–Kier alpha value is -1.52. The third kappa shape index (κ3) is 2.91. The van der Waals surface area contributed by atoms with Crippen molar-refractivity contribution in [3.05, 3.63) is 34.9 Å². The van der Waals surface area contributed by atoms with Crippen LogP contribution in [0.5, 0.6) is 0 Å². The number of aryl methyl sites for hydroxylation is 1. The highest BCUT2D eigenvalue weighted by Gasteiger charge is 2.34. The molecule has 1 fully saturated rings. The van der Waals surface area contributed by atoms with Crippen LogP contribution in [0.25, 0.3) is 0 Å². The molecule has 1 aliphatic rings. The molecule has 0 unspecified atom stereocenters. The summed E-state index contributed by atoms with van der Waals surface area (Å²) in [5, 5.41) is 0. The summed E-state index contributed by atoms with van der Waals surface area (Å²) in [4.78, 5) is 13.7. The smallest absolute Gasteiger partial charge is 0.339 e. The number of alkyl halides is 3. The fourth-order valence-corrected chi connectivity index (χ4v) is 2.38. The van der Waals surface area contributed by atoms with Crippen LogP contribution < -0.4 is 0 Å². The molecule has 0 aromatic heterocycles. The van der Waals surface area contributed by atoms with Gasteiger partial charge in [-0.05, 0) is 37.0 Å². The van der Waals surface area contributed by atoms with E-state index in [0.29, 0.717) is 19.5 Å². The van der Waals surface area contributed by atoms with E-state index in [9.17, 15) is 18.0 Å². The fourth-order valence-electron chi connectivity index (χ4n) is 2.38. The van der Waals surface area contributed by atoms with Crippen LogP contribution >= 0.6 is 0 Å². The van der Waals surface area contributed by atoms with Crippen molar-refractivity contribution in [1.82, 2.24) is 4.90 Å². The van der Waals surface area contributed by atoms with Gasteiger partial charge in [-0.15, -0.1) is 0 Å². The average molecular weight is 271 g/mol. The van der Waals surface area contributed by atoms with E-state index in [-0.39, 0.29) is 17.0 Å². The second kappa shape index (κ2) is 5.23. The summed E-state index contributed by atoms with van der Waals surface area (Å²) in [5.41, 5.74) is -0.336. The third-order valence-electron chi connectivity index (χ3n) is 3.44. The summed E-state index contributed by atoms with van der Waals surface area (Å²) < 4.78 is 38.8. The van der Waals surface area contributed by atoms with Gasteiger partial charge in [0.2, 0.25) is 0 Å². The SMILES string of the molecule is CCc1ccc(C(=O)N2CCCC2)cc1C(F)(F)F. The van der Waals surface area contributed by atoms with E-state index in [2.05, 4.69) is 0 Å². The lowest BCUT2D eigenvalue weighted by Gasteiger charge is -2.18. The van der Waals surface area contributed by atoms with Gasteiger partial charge in [-0.1, -0.05) is 13.0 Å². The summed E-state index contributed by atoms with van der Waals surface area (Å²) >= 11 is 0. The highest BCUT2D eigenvalue weighted by atomic mass is 19.4. The molecule has 5 heteroatoms. The van der Waals surface area contributed by atoms with Gasteiger partial charge in [0, 0.05) is 18.7 Å². The van der Waals surface area contributed by atoms with Crippen molar-refractivity contribution in [3.63, 3.8) is 0 Å². The van der Waals surface area contributed by atoms with Gasteiger partial charge < -0.3 is 4.90 Å². The van der Waals surface area contributed by atoms with Crippen molar-refractivity contribution in [3.8, 4) is 0 Å². The summed E-state index contributed by atoms with van der Waals surface area (Å²) in [7, 11) is 0. The average Bonchev–Trinajstić information content (AvgIpc) is 2.90. The maximum absolute atomic E-state index is 12.9. The number of carbonyl (C=O) groups is 1. The van der Waals surface area contributed by atoms with Crippen LogP contribution in [-0.4, -0.2) is 23.9 Å². The number of hydrogen-bond donors (Lipinski definition) is 0. The predicted molar refractivity (Wildman–Crippen MR) is 66.0 cm³/mol. The Labute approximate surface area is 110 Å². The van der Waals surface area contributed by atoms with Gasteiger partial charge >= 0.3 is 6.18 Å². The molecular weight excluding hydrogens is 255 g/mol. The topological polar surface area (TPSA) is 20.3 Å². The largest absolute Gasteiger partial charge is 0.416 e. The molecule has 2 rings (SSSR count). The predicted octanol–water partition coefficient (Wildman–Crippen LogP) is 3.50. The molecule has 0 radical (unpaired) electrons. The molecule has 0 atom stereocenters. The third-order valence-corrected chi connectivity index (χ3v) is 3.44. The van der Waals surface area contributed by atoms with Gasteiger partial charge in [0.15, 0.2) is 0 Å². The van der Waals surface area contributed by atoms with Crippen molar-refractivity contribution in [2.45, 2.75) is 32.4 Å². The number of likely N-dealkylation sites (tertiary alicyclic amines) is 1. The number of nitrogens with zero attached hydrogens (tertiary/aromatic N) is 1. The molecule has 0 saturated carbocycles. The van der Waals surface area contributed by atoms with Crippen molar-refractivity contribution < 1.29 is 18.0 Å². The molecular formula is C14H16F3NO. The molecule has 0 aliphatic carbocycles. The minimum atomic E-state index is -4.41. The maximum Gasteiger partial charge on any atom is 0.416 e. The number of benzene rings is 1. The number of carbonyl (C=O) groups excluding carboxylic acids is 1. The van der Waals surface area contributed by atoms with E-state index in [1.54, 1.807) is 11.8 Å². The van der Waals surface area contributed by atoms with Gasteiger partial charge in [0.05, 0.1) is 5.56 Å². The summed E-state index contributed by atoms with van der Waals surface area (Å²) in [6.45, 7) is 2.94. The molecule has 1 aromatic rings. The zero-order valence-corrected chi connectivity index (χ0v) is 10.8. The first kappa shape index (κ1) is 13.9. The normalized spacial score (nSPS) is 15.9. The molecule has 1 saturated heterocycles. The second-order valence-corrected chi connectivity index (χ2v) is 4.72. The molecule has 0 N–H and O–H groups in total. The Morgan fingerprint density at radius 3 is 2.42 bits per heavy atom. The minimum Gasteiger partial charge on any atom is -0.339 e. The second-order valence-electron chi connectivity index (χ2n) is 4.72. The number of halogens is 3. The first-order valence-corrected chi connectivity index (χ1v) is 6.43. The Morgan fingerprint density at radius 1 is 1.26 bits per heavy atom. The molecule has 104 valence electrons. The zero-order chi connectivity index (χ0) is 14.0. The first-order chi connectivity index (χ1) is 8.93. The van der Waals surface area contributed by atoms with Gasteiger partial charge in [-0.25, -0.2) is 0 Å². The van der Waals surface area contributed by atoms with E-state index < -0.39 is 11.7 Å². The van der Waals surface area contributed by atoms with Gasteiger partial charge in [-0.3, -0.25) is 4.79 Å². The van der Waals surface area contributed by atoms with E-state index in [1.807, 2.05) is 0 Å². The molecule has 19 heavy (non-hydrogen) atoms. The Morgan fingerprint density at radius 2 is 1.89 bits per heavy atom. The fraction of sp³-hybridized carbons (Fsp3) is 0.500. The molecule has 1 aliphatic heterocycles. The van der Waals surface area contributed by atoms with Crippen LogP contribution in [0.4, 0.5) is 13.2 Å². The minimum absolute atomic E-state index is 0.131. The monoisotopic (exact) mass is 271 g/mol. The van der Waals surface area contributed by atoms with E-state index in [0.717, 1.165) is 18.9 Å². The highest BCUT2D eigenvalue weighted by molar-refractivity contribution is 5.94. The zero-order valence-electron chi connectivity index (χ0n) is 10.8. The molecule has 1 amide bonds. The molecule has 1 aromatic carbocycles. The Kier molecular flexibility index (Phi) is 3.83. The highest BCUT2D eigenvalue weighted by Crippen LogP contribution is 2.33. The van der Waals surface area contributed by atoms with E-state index >= 15 is 0 Å². The van der Waals surface area contributed by atoms with Crippen molar-refractivity contribution in [1.29, 1.82) is 0 Å². The summed E-state index contributed by atoms with van der Waals surface area (Å²) in [5.74, 6) is -0.300. The lowest BCUT2D eigenvalue weighted by Crippen LogP contribution is -2.28. The van der Waals surface area contributed by atoms with Gasteiger partial charge in [0.25, 0.3) is 5.91 Å². The number of rotatable bonds is 2. The van der Waals surface area contributed by atoms with E-state index in [1.165, 1.54) is 12.1 Å². The molecule has 0 spiro atoms. The number of hydrogen-bond acceptors (Lipinski definition) is 1. The molecule has 2 nitrogen and oxygen atoms in total. The van der Waals surface area contributed by atoms with Crippen molar-refractivity contribution in [2.75, 3.05) is 13.1 Å². The Balaban J connectivity index is 2.34. The maximum atomic E-state index is 12.9. The van der Waals surface area contributed by atoms with Crippen LogP contribution in [-0.2, 0) is 12.6 Å². The quantitative estimate of drug-likeness (QED) is 0.806. The first-order valence-electron chi connectivity index (χ1n) is 6.43. The lowest BCUT2D eigenvalue weighted by atomic mass is 10.0. The standard InChI is InChI=1S/C14H16F3NO/c1-2-10-5-6-11(9-12(10)14(15,16)17)13(19)18-7-3-4-8-18/h5-6,9H,2-4,7-8H2,1H3. The van der Waals surface area contributed by atoms with Gasteiger partial charge in [0.1, 0.15) is 0 Å². The lowest BCUT2D eigenvalue weighted by molar-refractivity contribution is -0.138. The number of amides is 1. The van der Waals surface area contributed by atoms with Crippen LogP contribution in [0.1, 0.15) is 41.3 Å². The van der Waals surface area contributed by atoms with Crippen LogP contribution in [0.2, 0.25) is 0 Å². The van der Waals surface area contributed by atoms with Crippen molar-refractivity contribution >= 4 is 5.91 Å². The van der Waals surface area contributed by atoms with Crippen LogP contribution in [0, 0.1) is 0 Å². The van der Waals surface area contributed by atoms with Crippen LogP contribution in [0.15, 0.2) is 18.2 Å². The van der Waals surface area contributed by atoms with Crippen LogP contribution in [0.3, 0.4) is 0 Å². The summed E-state index contributed by atoms with van der Waals surface area (Å²) in [6, 6.07) is 3.89. The van der Waals surface area contributed by atoms with E-state index in [4.69, 9.17) is 0 Å². The summed E-state index contributed by atoms with van der Waals surface area (Å²) in [6.07, 6.45) is -2.27. The Bertz CT molecular complexity index is 476. The van der Waals surface area contributed by atoms with Gasteiger partial charge in [-0.2, -0.15) is 13.2 Å². The molecule has 0 bridgehead atoms. The van der Waals surface area contributed by atoms with Crippen molar-refractivity contribution in [2.24, 2.45) is 0 Å².